The van der Waals surface area contributed by atoms with Gasteiger partial charge in [-0.05, 0) is 18.2 Å². The minimum absolute atomic E-state index is 0.367. The van der Waals surface area contributed by atoms with Gasteiger partial charge in [0, 0.05) is 17.2 Å². The maximum Gasteiger partial charge on any atom is 0.323 e. The molecule has 0 aliphatic heterocycles. The zero-order chi connectivity index (χ0) is 17.0. The minimum Gasteiger partial charge on any atom is -0.495 e. The molecule has 4 N–H and O–H groups in total. The number of carbonyl (C=O) groups is 1. The van der Waals surface area contributed by atoms with Crippen LogP contribution in [-0.4, -0.2) is 20.3 Å². The van der Waals surface area contributed by atoms with E-state index in [0.29, 0.717) is 38.6 Å². The molecule has 0 aliphatic carbocycles. The van der Waals surface area contributed by atoms with Gasteiger partial charge in [0.2, 0.25) is 0 Å². The van der Waals surface area contributed by atoms with Gasteiger partial charge in [0.25, 0.3) is 0 Å². The maximum absolute atomic E-state index is 12.1. The molecule has 2 aromatic rings. The Labute approximate surface area is 143 Å². The molecule has 0 fully saturated rings. The summed E-state index contributed by atoms with van der Waals surface area (Å²) in [5, 5.41) is 6.08. The number of carbonyl (C=O) groups excluding carboxylic acids is 1. The number of halogens is 2. The van der Waals surface area contributed by atoms with E-state index in [9.17, 15) is 4.79 Å². The number of hydrogen-bond acceptors (Lipinski definition) is 4. The molecular weight excluding hydrogens is 341 g/mol. The molecule has 0 spiro atoms. The zero-order valence-electron chi connectivity index (χ0n) is 12.4. The van der Waals surface area contributed by atoms with Crippen molar-refractivity contribution in [2.24, 2.45) is 0 Å². The average Bonchev–Trinajstić information content (AvgIpc) is 2.52. The Hall–Kier alpha value is -2.31. The summed E-state index contributed by atoms with van der Waals surface area (Å²) in [6.45, 7) is 0. The van der Waals surface area contributed by atoms with Gasteiger partial charge in [0.15, 0.2) is 0 Å². The number of ether oxygens (including phenoxy) is 2. The fourth-order valence-electron chi connectivity index (χ4n) is 1.89. The number of benzene rings is 2. The van der Waals surface area contributed by atoms with Crippen molar-refractivity contribution < 1.29 is 14.3 Å². The van der Waals surface area contributed by atoms with Crippen LogP contribution in [0.25, 0.3) is 0 Å². The molecule has 0 aromatic heterocycles. The highest BCUT2D eigenvalue weighted by Crippen LogP contribution is 2.34. The van der Waals surface area contributed by atoms with E-state index >= 15 is 0 Å². The first-order valence-corrected chi connectivity index (χ1v) is 7.24. The Morgan fingerprint density at radius 1 is 1.00 bits per heavy atom. The summed E-state index contributed by atoms with van der Waals surface area (Å²) >= 11 is 11.9. The van der Waals surface area contributed by atoms with Crippen LogP contribution in [0.4, 0.5) is 21.9 Å². The van der Waals surface area contributed by atoms with E-state index in [1.165, 1.54) is 14.2 Å². The lowest BCUT2D eigenvalue weighted by molar-refractivity contribution is 0.262. The molecule has 6 nitrogen and oxygen atoms in total. The average molecular weight is 356 g/mol. The van der Waals surface area contributed by atoms with Crippen LogP contribution in [0.15, 0.2) is 30.3 Å². The number of urea groups is 1. The Morgan fingerprint density at radius 2 is 1.65 bits per heavy atom. The first kappa shape index (κ1) is 17.1. The molecule has 122 valence electrons. The van der Waals surface area contributed by atoms with Crippen LogP contribution in [0.1, 0.15) is 0 Å². The molecule has 0 heterocycles. The van der Waals surface area contributed by atoms with E-state index in [1.807, 2.05) is 0 Å². The van der Waals surface area contributed by atoms with Gasteiger partial charge in [-0.15, -0.1) is 0 Å². The predicted octanol–water partition coefficient (Wildman–Crippen LogP) is 4.24. The SMILES string of the molecule is COc1cc(NC(=O)Nc2cc(Cl)ccc2Cl)c(OC)cc1N. The molecule has 0 radical (unpaired) electrons. The number of anilines is 3. The molecule has 0 bridgehead atoms. The summed E-state index contributed by atoms with van der Waals surface area (Å²) in [7, 11) is 2.95. The Bertz CT molecular complexity index is 738. The first-order chi connectivity index (χ1) is 10.9. The number of amides is 2. The Kier molecular flexibility index (Phi) is 5.41. The largest absolute Gasteiger partial charge is 0.495 e. The molecule has 0 atom stereocenters. The van der Waals surface area contributed by atoms with Crippen LogP contribution in [-0.2, 0) is 0 Å². The normalized spacial score (nSPS) is 10.1. The summed E-state index contributed by atoms with van der Waals surface area (Å²) in [6, 6.07) is 7.37. The number of nitrogens with two attached hydrogens (primary N) is 1. The zero-order valence-corrected chi connectivity index (χ0v) is 14.0. The van der Waals surface area contributed by atoms with Crippen molar-refractivity contribution in [3.05, 3.63) is 40.4 Å². The van der Waals surface area contributed by atoms with Crippen molar-refractivity contribution in [2.75, 3.05) is 30.6 Å². The van der Waals surface area contributed by atoms with Gasteiger partial charge in [-0.1, -0.05) is 23.2 Å². The molecular formula is C15H15Cl2N3O3. The highest BCUT2D eigenvalue weighted by atomic mass is 35.5. The summed E-state index contributed by atoms with van der Waals surface area (Å²) in [6.07, 6.45) is 0. The molecule has 0 unspecified atom stereocenters. The van der Waals surface area contributed by atoms with Gasteiger partial charge in [0.1, 0.15) is 11.5 Å². The van der Waals surface area contributed by atoms with Crippen molar-refractivity contribution in [1.82, 2.24) is 0 Å². The van der Waals surface area contributed by atoms with E-state index in [1.54, 1.807) is 30.3 Å². The minimum atomic E-state index is -0.515. The van der Waals surface area contributed by atoms with E-state index < -0.39 is 6.03 Å². The molecule has 0 saturated heterocycles. The number of methoxy groups -OCH3 is 2. The molecule has 23 heavy (non-hydrogen) atoms. The third-order valence-electron chi connectivity index (χ3n) is 2.98. The van der Waals surface area contributed by atoms with Crippen molar-refractivity contribution >= 4 is 46.3 Å². The van der Waals surface area contributed by atoms with Gasteiger partial charge in [-0.3, -0.25) is 0 Å². The standard InChI is InChI=1S/C15H15Cl2N3O3/c1-22-13-7-12(14(23-2)6-10(13)18)20-15(21)19-11-5-8(16)3-4-9(11)17/h3-7H,18H2,1-2H3,(H2,19,20,21). The summed E-state index contributed by atoms with van der Waals surface area (Å²) < 4.78 is 10.3. The second-order valence-electron chi connectivity index (χ2n) is 4.50. The van der Waals surface area contributed by atoms with Crippen LogP contribution < -0.4 is 25.8 Å². The van der Waals surface area contributed by atoms with E-state index in [0.717, 1.165) is 0 Å². The summed E-state index contributed by atoms with van der Waals surface area (Å²) in [5.74, 6) is 0.817. The fraction of sp³-hybridized carbons (Fsp3) is 0.133. The smallest absolute Gasteiger partial charge is 0.323 e. The van der Waals surface area contributed by atoms with Crippen LogP contribution in [0.2, 0.25) is 10.0 Å². The van der Waals surface area contributed by atoms with Crippen molar-refractivity contribution in [3.63, 3.8) is 0 Å². The van der Waals surface area contributed by atoms with Crippen LogP contribution in [0, 0.1) is 0 Å². The summed E-state index contributed by atoms with van der Waals surface area (Å²) in [4.78, 5) is 12.1. The molecule has 0 saturated carbocycles. The maximum atomic E-state index is 12.1. The van der Waals surface area contributed by atoms with Crippen LogP contribution in [0.5, 0.6) is 11.5 Å². The van der Waals surface area contributed by atoms with Gasteiger partial charge in [0.05, 0.1) is 36.3 Å². The van der Waals surface area contributed by atoms with Gasteiger partial charge in [-0.25, -0.2) is 4.79 Å². The number of rotatable bonds is 4. The monoisotopic (exact) mass is 355 g/mol. The number of nitrogens with one attached hydrogen (secondary N) is 2. The quantitative estimate of drug-likeness (QED) is 0.716. The number of hydrogen-bond donors (Lipinski definition) is 3. The third-order valence-corrected chi connectivity index (χ3v) is 3.54. The van der Waals surface area contributed by atoms with Crippen LogP contribution >= 0.6 is 23.2 Å². The second kappa shape index (κ2) is 7.30. The molecule has 2 amide bonds. The topological polar surface area (TPSA) is 85.6 Å². The van der Waals surface area contributed by atoms with Crippen LogP contribution in [0.3, 0.4) is 0 Å². The third kappa shape index (κ3) is 4.12. The van der Waals surface area contributed by atoms with Crippen molar-refractivity contribution in [3.8, 4) is 11.5 Å². The highest BCUT2D eigenvalue weighted by Gasteiger charge is 2.13. The Morgan fingerprint density at radius 3 is 2.30 bits per heavy atom. The van der Waals surface area contributed by atoms with Gasteiger partial charge >= 0.3 is 6.03 Å². The second-order valence-corrected chi connectivity index (χ2v) is 5.34. The fourth-order valence-corrected chi connectivity index (χ4v) is 2.23. The van der Waals surface area contributed by atoms with E-state index in [2.05, 4.69) is 10.6 Å². The lowest BCUT2D eigenvalue weighted by atomic mass is 10.2. The molecule has 2 rings (SSSR count). The highest BCUT2D eigenvalue weighted by molar-refractivity contribution is 6.35. The first-order valence-electron chi connectivity index (χ1n) is 6.49. The lowest BCUT2D eigenvalue weighted by Gasteiger charge is -2.14. The van der Waals surface area contributed by atoms with Crippen molar-refractivity contribution in [1.29, 1.82) is 0 Å². The predicted molar refractivity (Wildman–Crippen MR) is 93.1 cm³/mol. The lowest BCUT2D eigenvalue weighted by Crippen LogP contribution is -2.20. The number of nitrogen functional groups attached to an aromatic ring is 1. The molecule has 0 aliphatic rings. The summed E-state index contributed by atoms with van der Waals surface area (Å²) in [5.41, 5.74) is 6.98. The Balaban J connectivity index is 2.21. The molecule has 8 heteroatoms. The van der Waals surface area contributed by atoms with Gasteiger partial charge in [-0.2, -0.15) is 0 Å². The van der Waals surface area contributed by atoms with Crippen molar-refractivity contribution in [2.45, 2.75) is 0 Å². The van der Waals surface area contributed by atoms with E-state index in [4.69, 9.17) is 38.4 Å². The van der Waals surface area contributed by atoms with E-state index in [-0.39, 0.29) is 0 Å². The van der Waals surface area contributed by atoms with Gasteiger partial charge < -0.3 is 25.8 Å². The molecule has 2 aromatic carbocycles.